The summed E-state index contributed by atoms with van der Waals surface area (Å²) in [5.74, 6) is -1.45. The van der Waals surface area contributed by atoms with E-state index in [0.717, 1.165) is 0 Å². The molecule has 0 aromatic heterocycles. The first-order chi connectivity index (χ1) is 9.82. The summed E-state index contributed by atoms with van der Waals surface area (Å²) >= 11 is 1.46. The molecule has 1 aromatic carbocycles. The second-order valence-corrected chi connectivity index (χ2v) is 6.64. The van der Waals surface area contributed by atoms with Crippen LogP contribution in [-0.4, -0.2) is 39.1 Å². The number of benzene rings is 1. The van der Waals surface area contributed by atoms with E-state index >= 15 is 0 Å². The number of nitrogens with zero attached hydrogens (tertiary/aromatic N) is 1. The lowest BCUT2D eigenvalue weighted by molar-refractivity contribution is -0.141. The lowest BCUT2D eigenvalue weighted by Gasteiger charge is -2.30. The van der Waals surface area contributed by atoms with E-state index in [2.05, 4.69) is 0 Å². The molecule has 1 saturated heterocycles. The number of hydrogen-bond donors (Lipinski definition) is 1. The van der Waals surface area contributed by atoms with Crippen molar-refractivity contribution in [1.29, 1.82) is 0 Å². The average Bonchev–Trinajstić information content (AvgIpc) is 2.85. The van der Waals surface area contributed by atoms with Gasteiger partial charge in [0.25, 0.3) is 5.91 Å². The quantitative estimate of drug-likeness (QED) is 0.932. The first-order valence-electron chi connectivity index (χ1n) is 6.76. The maximum absolute atomic E-state index is 13.4. The van der Waals surface area contributed by atoms with Crippen LogP contribution < -0.4 is 0 Å². The van der Waals surface area contributed by atoms with Gasteiger partial charge in [0, 0.05) is 11.3 Å². The van der Waals surface area contributed by atoms with Gasteiger partial charge in [-0.15, -0.1) is 11.8 Å². The van der Waals surface area contributed by atoms with Crippen LogP contribution in [0.5, 0.6) is 0 Å². The molecular weight excluding hydrogens is 293 g/mol. The summed E-state index contributed by atoms with van der Waals surface area (Å²) in [6.07, 6.45) is 0. The number of halogens is 1. The molecule has 1 fully saturated rings. The molecule has 1 aromatic rings. The summed E-state index contributed by atoms with van der Waals surface area (Å²) in [6.45, 7) is 5.61. The van der Waals surface area contributed by atoms with Gasteiger partial charge >= 0.3 is 5.97 Å². The van der Waals surface area contributed by atoms with Gasteiger partial charge in [-0.05, 0) is 30.5 Å². The Morgan fingerprint density at radius 1 is 1.43 bits per heavy atom. The molecule has 1 aliphatic rings. The van der Waals surface area contributed by atoms with Gasteiger partial charge in [-0.1, -0.05) is 19.9 Å². The van der Waals surface area contributed by atoms with Crippen molar-refractivity contribution in [2.75, 3.05) is 5.75 Å². The zero-order chi connectivity index (χ0) is 15.7. The molecule has 2 unspecified atom stereocenters. The number of rotatable bonds is 3. The third-order valence-corrected chi connectivity index (χ3v) is 5.18. The van der Waals surface area contributed by atoms with Crippen molar-refractivity contribution in [3.8, 4) is 0 Å². The van der Waals surface area contributed by atoms with Gasteiger partial charge in [-0.2, -0.15) is 0 Å². The number of thioether (sulfide) groups is 1. The van der Waals surface area contributed by atoms with E-state index in [1.54, 1.807) is 6.92 Å². The van der Waals surface area contributed by atoms with Gasteiger partial charge in [0.2, 0.25) is 0 Å². The molecule has 2 rings (SSSR count). The Balaban J connectivity index is 2.41. The van der Waals surface area contributed by atoms with Crippen LogP contribution in [0, 0.1) is 18.7 Å². The molecule has 114 valence electrons. The molecule has 1 N–H and O–H groups in total. The number of amides is 1. The van der Waals surface area contributed by atoms with Gasteiger partial charge in [0.1, 0.15) is 11.9 Å². The second-order valence-electron chi connectivity index (χ2n) is 5.49. The van der Waals surface area contributed by atoms with Crippen LogP contribution >= 0.6 is 11.8 Å². The molecule has 0 saturated carbocycles. The zero-order valence-corrected chi connectivity index (χ0v) is 13.0. The van der Waals surface area contributed by atoms with E-state index in [9.17, 15) is 19.1 Å². The van der Waals surface area contributed by atoms with Crippen LogP contribution in [0.1, 0.15) is 29.8 Å². The Bertz CT molecular complexity index is 576. The van der Waals surface area contributed by atoms with Gasteiger partial charge in [0.15, 0.2) is 0 Å². The summed E-state index contributed by atoms with van der Waals surface area (Å²) in [5.41, 5.74) is 0.874. The van der Waals surface area contributed by atoms with Crippen LogP contribution in [0.2, 0.25) is 0 Å². The Labute approximate surface area is 127 Å². The summed E-state index contributed by atoms with van der Waals surface area (Å²) < 4.78 is 13.4. The van der Waals surface area contributed by atoms with Crippen LogP contribution in [-0.2, 0) is 4.79 Å². The number of carbonyl (C=O) groups is 2. The predicted octanol–water partition coefficient (Wildman–Crippen LogP) is 2.76. The topological polar surface area (TPSA) is 57.6 Å². The van der Waals surface area contributed by atoms with Crippen LogP contribution in [0.25, 0.3) is 0 Å². The minimum atomic E-state index is -1.02. The number of aliphatic carboxylic acids is 1. The van der Waals surface area contributed by atoms with E-state index in [4.69, 9.17) is 0 Å². The minimum absolute atomic E-state index is 0.122. The summed E-state index contributed by atoms with van der Waals surface area (Å²) in [7, 11) is 0. The number of carboxylic acid groups (broad SMARTS) is 1. The fourth-order valence-corrected chi connectivity index (χ4v) is 3.92. The molecule has 1 aliphatic heterocycles. The lowest BCUT2D eigenvalue weighted by Crippen LogP contribution is -2.47. The summed E-state index contributed by atoms with van der Waals surface area (Å²) in [5, 5.41) is 9.11. The van der Waals surface area contributed by atoms with Crippen LogP contribution in [0.15, 0.2) is 18.2 Å². The smallest absolute Gasteiger partial charge is 0.327 e. The maximum Gasteiger partial charge on any atom is 0.327 e. The number of aryl methyl sites for hydroxylation is 1. The van der Waals surface area contributed by atoms with E-state index < -0.39 is 23.7 Å². The number of carboxylic acids is 1. The molecule has 2 atom stereocenters. The molecule has 1 amide bonds. The Kier molecular flexibility index (Phi) is 4.56. The third-order valence-electron chi connectivity index (χ3n) is 3.55. The normalized spacial score (nSPS) is 21.9. The molecule has 6 heteroatoms. The van der Waals surface area contributed by atoms with E-state index in [-0.39, 0.29) is 16.9 Å². The SMILES string of the molecule is Cc1ccc(F)cc1C(=O)N1C(C(=O)O)CSC1C(C)C. The largest absolute Gasteiger partial charge is 0.480 e. The van der Waals surface area contributed by atoms with E-state index in [1.165, 1.54) is 34.9 Å². The fraction of sp³-hybridized carbons (Fsp3) is 0.467. The van der Waals surface area contributed by atoms with Crippen molar-refractivity contribution in [2.45, 2.75) is 32.2 Å². The molecule has 4 nitrogen and oxygen atoms in total. The van der Waals surface area contributed by atoms with Gasteiger partial charge in [-0.3, -0.25) is 4.79 Å². The molecule has 0 bridgehead atoms. The monoisotopic (exact) mass is 311 g/mol. The van der Waals surface area contributed by atoms with Gasteiger partial charge in [-0.25, -0.2) is 9.18 Å². The van der Waals surface area contributed by atoms with E-state index in [1.807, 2.05) is 13.8 Å². The Morgan fingerprint density at radius 3 is 2.67 bits per heavy atom. The molecule has 1 heterocycles. The van der Waals surface area contributed by atoms with Gasteiger partial charge < -0.3 is 10.0 Å². The molecule has 0 aliphatic carbocycles. The Hall–Kier alpha value is -1.56. The Morgan fingerprint density at radius 2 is 2.10 bits per heavy atom. The van der Waals surface area contributed by atoms with Crippen molar-refractivity contribution < 1.29 is 19.1 Å². The van der Waals surface area contributed by atoms with Crippen molar-refractivity contribution >= 4 is 23.6 Å². The average molecular weight is 311 g/mol. The van der Waals surface area contributed by atoms with Crippen LogP contribution in [0.4, 0.5) is 4.39 Å². The standard InChI is InChI=1S/C15H18FNO3S/c1-8(2)14-17(12(7-21-14)15(19)20)13(18)11-6-10(16)5-4-9(11)3/h4-6,8,12,14H,7H2,1-3H3,(H,19,20). The lowest BCUT2D eigenvalue weighted by atomic mass is 10.0. The fourth-order valence-electron chi connectivity index (χ4n) is 2.45. The molecule has 0 radical (unpaired) electrons. The van der Waals surface area contributed by atoms with E-state index in [0.29, 0.717) is 11.3 Å². The zero-order valence-electron chi connectivity index (χ0n) is 12.2. The number of hydrogen-bond acceptors (Lipinski definition) is 3. The first-order valence-corrected chi connectivity index (χ1v) is 7.81. The minimum Gasteiger partial charge on any atom is -0.480 e. The van der Waals surface area contributed by atoms with Crippen molar-refractivity contribution in [1.82, 2.24) is 4.90 Å². The van der Waals surface area contributed by atoms with Gasteiger partial charge in [0.05, 0.1) is 5.37 Å². The number of carbonyl (C=O) groups excluding carboxylic acids is 1. The third kappa shape index (κ3) is 3.05. The highest BCUT2D eigenvalue weighted by atomic mass is 32.2. The summed E-state index contributed by atoms with van der Waals surface area (Å²) in [4.78, 5) is 25.5. The highest BCUT2D eigenvalue weighted by Crippen LogP contribution is 2.35. The summed E-state index contributed by atoms with van der Waals surface area (Å²) in [6, 6.07) is 3.14. The predicted molar refractivity (Wildman–Crippen MR) is 79.8 cm³/mol. The van der Waals surface area contributed by atoms with Crippen molar-refractivity contribution in [3.05, 3.63) is 35.1 Å². The highest BCUT2D eigenvalue weighted by Gasteiger charge is 2.43. The first kappa shape index (κ1) is 15.8. The van der Waals surface area contributed by atoms with Crippen molar-refractivity contribution in [2.24, 2.45) is 5.92 Å². The molecule has 0 spiro atoms. The highest BCUT2D eigenvalue weighted by molar-refractivity contribution is 8.00. The van der Waals surface area contributed by atoms with Crippen LogP contribution in [0.3, 0.4) is 0 Å². The molecule has 21 heavy (non-hydrogen) atoms. The second kappa shape index (κ2) is 6.05. The van der Waals surface area contributed by atoms with Crippen molar-refractivity contribution in [3.63, 3.8) is 0 Å². The maximum atomic E-state index is 13.4. The molecular formula is C15H18FNO3S.